The van der Waals surface area contributed by atoms with Crippen LogP contribution in [0.2, 0.25) is 0 Å². The first-order valence-electron chi connectivity index (χ1n) is 7.93. The summed E-state index contributed by atoms with van der Waals surface area (Å²) in [7, 11) is 0. The van der Waals surface area contributed by atoms with Crippen molar-refractivity contribution in [3.05, 3.63) is 0 Å². The topological polar surface area (TPSA) is 12.0 Å². The van der Waals surface area contributed by atoms with E-state index in [1.54, 1.807) is 0 Å². The second kappa shape index (κ2) is 8.13. The molecule has 102 valence electrons. The van der Waals surface area contributed by atoms with Crippen LogP contribution in [-0.4, -0.2) is 13.1 Å². The van der Waals surface area contributed by atoms with E-state index in [2.05, 4.69) is 26.1 Å². The van der Waals surface area contributed by atoms with Gasteiger partial charge in [-0.1, -0.05) is 52.9 Å². The molecule has 1 heteroatoms. The lowest BCUT2D eigenvalue weighted by Gasteiger charge is -2.41. The highest BCUT2D eigenvalue weighted by molar-refractivity contribution is 4.86. The molecule has 0 bridgehead atoms. The van der Waals surface area contributed by atoms with Crippen molar-refractivity contribution in [2.45, 2.75) is 78.6 Å². The van der Waals surface area contributed by atoms with Crippen molar-refractivity contribution in [2.24, 2.45) is 11.3 Å². The van der Waals surface area contributed by atoms with E-state index in [4.69, 9.17) is 0 Å². The van der Waals surface area contributed by atoms with Crippen molar-refractivity contribution in [1.82, 2.24) is 5.32 Å². The molecule has 0 amide bonds. The summed E-state index contributed by atoms with van der Waals surface area (Å²) in [6, 6.07) is 0. The molecule has 1 fully saturated rings. The fourth-order valence-corrected chi connectivity index (χ4v) is 3.34. The highest BCUT2D eigenvalue weighted by atomic mass is 14.9. The van der Waals surface area contributed by atoms with Gasteiger partial charge < -0.3 is 5.32 Å². The maximum Gasteiger partial charge on any atom is -0.00153 e. The maximum atomic E-state index is 3.61. The predicted molar refractivity (Wildman–Crippen MR) is 77.4 cm³/mol. The van der Waals surface area contributed by atoms with Gasteiger partial charge in [-0.05, 0) is 50.1 Å². The number of hydrogen-bond acceptors (Lipinski definition) is 1. The van der Waals surface area contributed by atoms with Crippen LogP contribution >= 0.6 is 0 Å². The lowest BCUT2D eigenvalue weighted by atomic mass is 9.67. The SMILES string of the molecule is CCCCCC(C)(CCCC)C1CCCNC1. The molecule has 1 heterocycles. The first kappa shape index (κ1) is 15.0. The van der Waals surface area contributed by atoms with E-state index in [1.807, 2.05) is 0 Å². The summed E-state index contributed by atoms with van der Waals surface area (Å²) in [5.41, 5.74) is 0.610. The smallest absolute Gasteiger partial charge is 0.00153 e. The van der Waals surface area contributed by atoms with Crippen LogP contribution in [0.3, 0.4) is 0 Å². The van der Waals surface area contributed by atoms with E-state index in [9.17, 15) is 0 Å². The first-order valence-corrected chi connectivity index (χ1v) is 7.93. The lowest BCUT2D eigenvalue weighted by Crippen LogP contribution is -2.40. The molecule has 1 nitrogen and oxygen atoms in total. The molecule has 1 aliphatic rings. The molecule has 2 atom stereocenters. The van der Waals surface area contributed by atoms with Gasteiger partial charge in [0.25, 0.3) is 0 Å². The van der Waals surface area contributed by atoms with Crippen LogP contribution in [0.25, 0.3) is 0 Å². The Balaban J connectivity index is 2.48. The zero-order valence-corrected chi connectivity index (χ0v) is 12.4. The van der Waals surface area contributed by atoms with Gasteiger partial charge in [-0.25, -0.2) is 0 Å². The van der Waals surface area contributed by atoms with E-state index in [-0.39, 0.29) is 0 Å². The number of piperidine rings is 1. The van der Waals surface area contributed by atoms with Gasteiger partial charge in [0.05, 0.1) is 0 Å². The molecular formula is C16H33N. The minimum atomic E-state index is 0.610. The first-order chi connectivity index (χ1) is 8.23. The quantitative estimate of drug-likeness (QED) is 0.602. The third-order valence-electron chi connectivity index (χ3n) is 4.74. The van der Waals surface area contributed by atoms with Gasteiger partial charge in [0.15, 0.2) is 0 Å². The molecule has 0 aliphatic carbocycles. The second-order valence-corrected chi connectivity index (χ2v) is 6.26. The molecule has 2 unspecified atom stereocenters. The summed E-state index contributed by atoms with van der Waals surface area (Å²) in [6.45, 7) is 9.72. The van der Waals surface area contributed by atoms with E-state index in [1.165, 1.54) is 70.9 Å². The highest BCUT2D eigenvalue weighted by Crippen LogP contribution is 2.41. The molecular weight excluding hydrogens is 206 g/mol. The molecule has 1 saturated heterocycles. The molecule has 0 aromatic heterocycles. The second-order valence-electron chi connectivity index (χ2n) is 6.26. The Morgan fingerprint density at radius 1 is 1.06 bits per heavy atom. The van der Waals surface area contributed by atoms with Gasteiger partial charge in [-0.2, -0.15) is 0 Å². The van der Waals surface area contributed by atoms with Crippen molar-refractivity contribution in [1.29, 1.82) is 0 Å². The Bertz CT molecular complexity index is 184. The summed E-state index contributed by atoms with van der Waals surface area (Å²) in [5.74, 6) is 0.930. The highest BCUT2D eigenvalue weighted by Gasteiger charge is 2.33. The minimum Gasteiger partial charge on any atom is -0.316 e. The Morgan fingerprint density at radius 3 is 2.35 bits per heavy atom. The third kappa shape index (κ3) is 4.99. The lowest BCUT2D eigenvalue weighted by molar-refractivity contribution is 0.116. The maximum absolute atomic E-state index is 3.61. The van der Waals surface area contributed by atoms with Crippen molar-refractivity contribution in [3.8, 4) is 0 Å². The van der Waals surface area contributed by atoms with Gasteiger partial charge in [-0.15, -0.1) is 0 Å². The monoisotopic (exact) mass is 239 g/mol. The van der Waals surface area contributed by atoms with Crippen LogP contribution in [0.1, 0.15) is 78.6 Å². The van der Waals surface area contributed by atoms with Crippen LogP contribution in [0.4, 0.5) is 0 Å². The molecule has 0 aromatic carbocycles. The van der Waals surface area contributed by atoms with Gasteiger partial charge in [-0.3, -0.25) is 0 Å². The molecule has 1 N–H and O–H groups in total. The number of nitrogens with one attached hydrogen (secondary N) is 1. The van der Waals surface area contributed by atoms with Crippen molar-refractivity contribution >= 4 is 0 Å². The van der Waals surface area contributed by atoms with Crippen molar-refractivity contribution < 1.29 is 0 Å². The standard InChI is InChI=1S/C16H33N/c1-4-6-8-12-16(3,11-7-5-2)15-10-9-13-17-14-15/h15,17H,4-14H2,1-3H3. The van der Waals surface area contributed by atoms with Gasteiger partial charge in [0.2, 0.25) is 0 Å². The summed E-state index contributed by atoms with van der Waals surface area (Å²) in [4.78, 5) is 0. The van der Waals surface area contributed by atoms with Crippen molar-refractivity contribution in [2.75, 3.05) is 13.1 Å². The zero-order chi connectivity index (χ0) is 12.6. The Kier molecular flexibility index (Phi) is 7.18. The Labute approximate surface area is 109 Å². The molecule has 0 radical (unpaired) electrons. The number of rotatable bonds is 8. The zero-order valence-electron chi connectivity index (χ0n) is 12.4. The Hall–Kier alpha value is -0.0400. The van der Waals surface area contributed by atoms with Crippen LogP contribution in [-0.2, 0) is 0 Å². The molecule has 1 aliphatic heterocycles. The summed E-state index contributed by atoms with van der Waals surface area (Å²) >= 11 is 0. The largest absolute Gasteiger partial charge is 0.316 e. The number of hydrogen-bond donors (Lipinski definition) is 1. The van der Waals surface area contributed by atoms with Gasteiger partial charge in [0, 0.05) is 0 Å². The molecule has 0 spiro atoms. The van der Waals surface area contributed by atoms with Crippen LogP contribution < -0.4 is 5.32 Å². The Morgan fingerprint density at radius 2 is 1.76 bits per heavy atom. The number of unbranched alkanes of at least 4 members (excludes halogenated alkanes) is 3. The fourth-order valence-electron chi connectivity index (χ4n) is 3.34. The average Bonchev–Trinajstić information content (AvgIpc) is 2.38. The minimum absolute atomic E-state index is 0.610. The third-order valence-corrected chi connectivity index (χ3v) is 4.74. The molecule has 1 rings (SSSR count). The van der Waals surface area contributed by atoms with E-state index in [0.29, 0.717) is 5.41 Å². The summed E-state index contributed by atoms with van der Waals surface area (Å²) in [6.07, 6.45) is 12.7. The fraction of sp³-hybridized carbons (Fsp3) is 1.00. The van der Waals surface area contributed by atoms with E-state index >= 15 is 0 Å². The summed E-state index contributed by atoms with van der Waals surface area (Å²) in [5, 5.41) is 3.61. The van der Waals surface area contributed by atoms with E-state index < -0.39 is 0 Å². The molecule has 17 heavy (non-hydrogen) atoms. The molecule has 0 aromatic rings. The summed E-state index contributed by atoms with van der Waals surface area (Å²) < 4.78 is 0. The van der Waals surface area contributed by atoms with Crippen LogP contribution in [0.15, 0.2) is 0 Å². The molecule has 0 saturated carbocycles. The van der Waals surface area contributed by atoms with Crippen LogP contribution in [0.5, 0.6) is 0 Å². The van der Waals surface area contributed by atoms with E-state index in [0.717, 1.165) is 5.92 Å². The normalized spacial score (nSPS) is 24.5. The predicted octanol–water partition coefficient (Wildman–Crippen LogP) is 4.76. The van der Waals surface area contributed by atoms with Gasteiger partial charge in [0.1, 0.15) is 0 Å². The van der Waals surface area contributed by atoms with Gasteiger partial charge >= 0.3 is 0 Å². The van der Waals surface area contributed by atoms with Crippen LogP contribution in [0, 0.1) is 11.3 Å². The van der Waals surface area contributed by atoms with Crippen molar-refractivity contribution in [3.63, 3.8) is 0 Å². The average molecular weight is 239 g/mol.